The van der Waals surface area contributed by atoms with Gasteiger partial charge in [-0.15, -0.1) is 0 Å². The second kappa shape index (κ2) is 8.38. The van der Waals surface area contributed by atoms with Gasteiger partial charge in [0.25, 0.3) is 5.91 Å². The molecule has 2 N–H and O–H groups in total. The number of rotatable bonds is 6. The number of ether oxygens (including phenoxy) is 1. The Hall–Kier alpha value is -2.62. The number of nitrogens with zero attached hydrogens (tertiary/aromatic N) is 1. The van der Waals surface area contributed by atoms with Gasteiger partial charge in [0.15, 0.2) is 6.61 Å². The molecule has 0 aliphatic rings. The van der Waals surface area contributed by atoms with Gasteiger partial charge in [-0.05, 0) is 42.5 Å². The summed E-state index contributed by atoms with van der Waals surface area (Å²) >= 11 is 5.68. The number of carbonyl (C=O) groups excluding carboxylic acids is 2. The molecule has 27 heavy (non-hydrogen) atoms. The van der Waals surface area contributed by atoms with Gasteiger partial charge in [-0.3, -0.25) is 4.79 Å². The summed E-state index contributed by atoms with van der Waals surface area (Å²) in [4.78, 5) is 23.8. The molecular weight excluding hydrogens is 396 g/mol. The van der Waals surface area contributed by atoms with Gasteiger partial charge < -0.3 is 15.2 Å². The second-order valence-electron chi connectivity index (χ2n) is 5.60. The minimum Gasteiger partial charge on any atom is -0.507 e. The van der Waals surface area contributed by atoms with Crippen LogP contribution in [0.1, 0.15) is 10.4 Å². The highest BCUT2D eigenvalue weighted by Crippen LogP contribution is 2.22. The van der Waals surface area contributed by atoms with Crippen molar-refractivity contribution in [3.8, 4) is 5.75 Å². The zero-order chi connectivity index (χ0) is 20.2. The number of halogens is 1. The SMILES string of the molecule is CN(C)S(=O)(=O)c1ccc(NC(=O)COC(=O)c2ccc(Cl)cc2O)cc1. The molecule has 0 aliphatic carbocycles. The Bertz CT molecular complexity index is 958. The van der Waals surface area contributed by atoms with Crippen LogP contribution in [0.15, 0.2) is 47.4 Å². The minimum absolute atomic E-state index is 0.0788. The van der Waals surface area contributed by atoms with E-state index in [1.165, 1.54) is 56.6 Å². The standard InChI is InChI=1S/C17H17ClN2O6S/c1-20(2)27(24,25)13-6-4-12(5-7-13)19-16(22)10-26-17(23)14-8-3-11(18)9-15(14)21/h3-9,21H,10H2,1-2H3,(H,19,22). The van der Waals surface area contributed by atoms with E-state index < -0.39 is 28.5 Å². The molecule has 0 saturated carbocycles. The van der Waals surface area contributed by atoms with Crippen molar-refractivity contribution in [3.63, 3.8) is 0 Å². The third-order valence-electron chi connectivity index (χ3n) is 3.43. The summed E-state index contributed by atoms with van der Waals surface area (Å²) in [5, 5.41) is 12.4. The summed E-state index contributed by atoms with van der Waals surface area (Å²) in [6.07, 6.45) is 0. The molecule has 0 spiro atoms. The predicted molar refractivity (Wildman–Crippen MR) is 99.3 cm³/mol. The Morgan fingerprint density at radius 3 is 2.33 bits per heavy atom. The number of phenolic OH excluding ortho intramolecular Hbond substituents is 1. The molecule has 0 aromatic heterocycles. The predicted octanol–water partition coefficient (Wildman–Crippen LogP) is 2.09. The summed E-state index contributed by atoms with van der Waals surface area (Å²) in [5.41, 5.74) is 0.216. The van der Waals surface area contributed by atoms with Gasteiger partial charge in [-0.2, -0.15) is 0 Å². The molecule has 0 aliphatic heterocycles. The molecule has 0 bridgehead atoms. The van der Waals surface area contributed by atoms with Gasteiger partial charge in [0, 0.05) is 24.8 Å². The molecule has 0 radical (unpaired) electrons. The number of hydrogen-bond acceptors (Lipinski definition) is 6. The Balaban J connectivity index is 1.95. The smallest absolute Gasteiger partial charge is 0.342 e. The lowest BCUT2D eigenvalue weighted by Gasteiger charge is -2.12. The highest BCUT2D eigenvalue weighted by molar-refractivity contribution is 7.89. The van der Waals surface area contributed by atoms with E-state index in [0.717, 1.165) is 4.31 Å². The topological polar surface area (TPSA) is 113 Å². The monoisotopic (exact) mass is 412 g/mol. The van der Waals surface area contributed by atoms with Crippen molar-refractivity contribution in [1.82, 2.24) is 4.31 Å². The number of benzene rings is 2. The van der Waals surface area contributed by atoms with Crippen LogP contribution in [0.2, 0.25) is 5.02 Å². The van der Waals surface area contributed by atoms with Crippen molar-refractivity contribution in [1.29, 1.82) is 0 Å². The van der Waals surface area contributed by atoms with Gasteiger partial charge in [0.2, 0.25) is 10.0 Å². The van der Waals surface area contributed by atoms with Crippen LogP contribution in [0.3, 0.4) is 0 Å². The van der Waals surface area contributed by atoms with Crippen LogP contribution in [0.5, 0.6) is 5.75 Å². The number of carbonyl (C=O) groups is 2. The van der Waals surface area contributed by atoms with Crippen LogP contribution < -0.4 is 5.32 Å². The maximum absolute atomic E-state index is 12.0. The normalized spacial score (nSPS) is 11.3. The first-order chi connectivity index (χ1) is 12.6. The van der Waals surface area contributed by atoms with E-state index in [2.05, 4.69) is 5.32 Å². The number of phenols is 1. The second-order valence-corrected chi connectivity index (χ2v) is 8.19. The quantitative estimate of drug-likeness (QED) is 0.702. The first-order valence-electron chi connectivity index (χ1n) is 7.59. The lowest BCUT2D eigenvalue weighted by Crippen LogP contribution is -2.22. The number of esters is 1. The van der Waals surface area contributed by atoms with E-state index in [1.54, 1.807) is 0 Å². The number of hydrogen-bond donors (Lipinski definition) is 2. The Morgan fingerprint density at radius 1 is 1.15 bits per heavy atom. The van der Waals surface area contributed by atoms with Gasteiger partial charge in [-0.1, -0.05) is 11.6 Å². The molecule has 1 amide bonds. The van der Waals surface area contributed by atoms with Gasteiger partial charge in [-0.25, -0.2) is 17.5 Å². The largest absolute Gasteiger partial charge is 0.507 e. The highest BCUT2D eigenvalue weighted by Gasteiger charge is 2.17. The molecule has 10 heteroatoms. The van der Waals surface area contributed by atoms with Crippen LogP contribution in [0.4, 0.5) is 5.69 Å². The van der Waals surface area contributed by atoms with Crippen LogP contribution in [0, 0.1) is 0 Å². The molecule has 2 aromatic rings. The van der Waals surface area contributed by atoms with Crippen molar-refractivity contribution in [3.05, 3.63) is 53.1 Å². The summed E-state index contributed by atoms with van der Waals surface area (Å²) in [6.45, 7) is -0.585. The molecule has 2 rings (SSSR count). The number of nitrogens with one attached hydrogen (secondary N) is 1. The van der Waals surface area contributed by atoms with E-state index in [9.17, 15) is 23.1 Å². The fraction of sp³-hybridized carbons (Fsp3) is 0.176. The summed E-state index contributed by atoms with van der Waals surface area (Å²) in [5.74, 6) is -1.86. The highest BCUT2D eigenvalue weighted by atomic mass is 35.5. The van der Waals surface area contributed by atoms with Crippen molar-refractivity contribution in [2.45, 2.75) is 4.90 Å². The first-order valence-corrected chi connectivity index (χ1v) is 9.41. The minimum atomic E-state index is -3.56. The van der Waals surface area contributed by atoms with Crippen molar-refractivity contribution in [2.75, 3.05) is 26.0 Å². The molecule has 144 valence electrons. The Morgan fingerprint density at radius 2 is 1.78 bits per heavy atom. The fourth-order valence-electron chi connectivity index (χ4n) is 2.00. The van der Waals surface area contributed by atoms with Gasteiger partial charge in [0.1, 0.15) is 11.3 Å². The van der Waals surface area contributed by atoms with Gasteiger partial charge in [0.05, 0.1) is 4.90 Å². The third kappa shape index (κ3) is 5.19. The van der Waals surface area contributed by atoms with E-state index in [1.807, 2.05) is 0 Å². The van der Waals surface area contributed by atoms with E-state index in [4.69, 9.17) is 16.3 Å². The van der Waals surface area contributed by atoms with Gasteiger partial charge >= 0.3 is 5.97 Å². The molecule has 0 saturated heterocycles. The van der Waals surface area contributed by atoms with E-state index >= 15 is 0 Å². The molecule has 2 aromatic carbocycles. The number of amides is 1. The molecular formula is C17H17ClN2O6S. The number of sulfonamides is 1. The molecule has 0 fully saturated rings. The van der Waals surface area contributed by atoms with Crippen molar-refractivity contribution >= 4 is 39.2 Å². The lowest BCUT2D eigenvalue weighted by molar-refractivity contribution is -0.119. The van der Waals surface area contributed by atoms with Crippen LogP contribution in [0.25, 0.3) is 0 Å². The van der Waals surface area contributed by atoms with E-state index in [-0.39, 0.29) is 21.2 Å². The lowest BCUT2D eigenvalue weighted by atomic mass is 10.2. The number of anilines is 1. The summed E-state index contributed by atoms with van der Waals surface area (Å²) < 4.78 is 29.9. The zero-order valence-corrected chi connectivity index (χ0v) is 16.0. The fourth-order valence-corrected chi connectivity index (χ4v) is 3.07. The summed E-state index contributed by atoms with van der Waals surface area (Å²) in [7, 11) is -0.734. The maximum atomic E-state index is 12.0. The Kier molecular flexibility index (Phi) is 6.42. The molecule has 0 heterocycles. The maximum Gasteiger partial charge on any atom is 0.342 e. The van der Waals surface area contributed by atoms with E-state index in [0.29, 0.717) is 5.69 Å². The van der Waals surface area contributed by atoms with Crippen LogP contribution in [-0.2, 0) is 19.6 Å². The molecule has 0 unspecified atom stereocenters. The Labute approximate surface area is 161 Å². The third-order valence-corrected chi connectivity index (χ3v) is 5.50. The average molecular weight is 413 g/mol. The average Bonchev–Trinajstić information content (AvgIpc) is 2.60. The summed E-state index contributed by atoms with van der Waals surface area (Å²) in [6, 6.07) is 9.40. The number of aromatic hydroxyl groups is 1. The van der Waals surface area contributed by atoms with Crippen LogP contribution in [-0.4, -0.2) is 50.4 Å². The van der Waals surface area contributed by atoms with Crippen molar-refractivity contribution < 1.29 is 27.9 Å². The van der Waals surface area contributed by atoms with Crippen molar-refractivity contribution in [2.24, 2.45) is 0 Å². The molecule has 8 nitrogen and oxygen atoms in total. The molecule has 0 atom stereocenters. The zero-order valence-electron chi connectivity index (χ0n) is 14.5. The van der Waals surface area contributed by atoms with Crippen LogP contribution >= 0.6 is 11.6 Å². The first kappa shape index (κ1) is 20.7.